The lowest BCUT2D eigenvalue weighted by Crippen LogP contribution is -2.47. The standard InChI is InChI=1S/C21H24N2O4/c1-15-14-27-11-10-23(15)21(25)17-4-3-5-18(13-17)22-20(24)12-16-6-8-19(26-2)9-7-16/h3-9,13,15H,10-12,14H2,1-2H3,(H,22,24). The van der Waals surface area contributed by atoms with Crippen LogP contribution in [0.2, 0.25) is 0 Å². The molecule has 142 valence electrons. The number of methoxy groups -OCH3 is 1. The molecule has 2 aromatic rings. The van der Waals surface area contributed by atoms with E-state index in [-0.39, 0.29) is 24.3 Å². The highest BCUT2D eigenvalue weighted by Gasteiger charge is 2.24. The average Bonchev–Trinajstić information content (AvgIpc) is 2.68. The fraction of sp³-hybridized carbons (Fsp3) is 0.333. The van der Waals surface area contributed by atoms with Crippen LogP contribution in [0.5, 0.6) is 5.75 Å². The summed E-state index contributed by atoms with van der Waals surface area (Å²) in [5, 5.41) is 2.86. The number of nitrogens with zero attached hydrogens (tertiary/aromatic N) is 1. The zero-order valence-electron chi connectivity index (χ0n) is 15.6. The number of anilines is 1. The molecule has 0 spiro atoms. The van der Waals surface area contributed by atoms with Crippen LogP contribution in [0.25, 0.3) is 0 Å². The van der Waals surface area contributed by atoms with Gasteiger partial charge in [0.05, 0.1) is 32.8 Å². The quantitative estimate of drug-likeness (QED) is 0.881. The van der Waals surface area contributed by atoms with E-state index in [1.54, 1.807) is 31.4 Å². The van der Waals surface area contributed by atoms with Crippen LogP contribution in [0, 0.1) is 0 Å². The summed E-state index contributed by atoms with van der Waals surface area (Å²) in [7, 11) is 1.60. The molecule has 1 saturated heterocycles. The highest BCUT2D eigenvalue weighted by molar-refractivity contribution is 5.97. The maximum Gasteiger partial charge on any atom is 0.254 e. The highest BCUT2D eigenvalue weighted by Crippen LogP contribution is 2.17. The van der Waals surface area contributed by atoms with Crippen molar-refractivity contribution in [3.8, 4) is 5.75 Å². The van der Waals surface area contributed by atoms with Crippen molar-refractivity contribution < 1.29 is 19.1 Å². The average molecular weight is 368 g/mol. The number of rotatable bonds is 5. The molecule has 1 atom stereocenters. The molecule has 2 aromatic carbocycles. The van der Waals surface area contributed by atoms with E-state index < -0.39 is 0 Å². The van der Waals surface area contributed by atoms with E-state index in [1.165, 1.54) is 0 Å². The largest absolute Gasteiger partial charge is 0.497 e. The van der Waals surface area contributed by atoms with Gasteiger partial charge in [-0.15, -0.1) is 0 Å². The highest BCUT2D eigenvalue weighted by atomic mass is 16.5. The molecule has 0 aliphatic carbocycles. The van der Waals surface area contributed by atoms with Crippen molar-refractivity contribution in [1.29, 1.82) is 0 Å². The number of benzene rings is 2. The number of carbonyl (C=O) groups is 2. The van der Waals surface area contributed by atoms with Crippen LogP contribution < -0.4 is 10.1 Å². The first-order chi connectivity index (χ1) is 13.1. The first-order valence-corrected chi connectivity index (χ1v) is 8.98. The van der Waals surface area contributed by atoms with Crippen LogP contribution in [-0.2, 0) is 16.0 Å². The Labute approximate surface area is 159 Å². The Morgan fingerprint density at radius 1 is 1.22 bits per heavy atom. The van der Waals surface area contributed by atoms with Gasteiger partial charge in [0, 0.05) is 17.8 Å². The van der Waals surface area contributed by atoms with Crippen LogP contribution in [0.15, 0.2) is 48.5 Å². The van der Waals surface area contributed by atoms with E-state index in [0.29, 0.717) is 31.0 Å². The number of ether oxygens (including phenoxy) is 2. The summed E-state index contributed by atoms with van der Waals surface area (Å²) in [6.45, 7) is 3.64. The van der Waals surface area contributed by atoms with Crippen molar-refractivity contribution in [1.82, 2.24) is 4.90 Å². The van der Waals surface area contributed by atoms with Crippen molar-refractivity contribution in [3.63, 3.8) is 0 Å². The number of morpholine rings is 1. The van der Waals surface area contributed by atoms with Crippen LogP contribution in [0.4, 0.5) is 5.69 Å². The Morgan fingerprint density at radius 2 is 2.00 bits per heavy atom. The molecule has 27 heavy (non-hydrogen) atoms. The molecule has 2 amide bonds. The summed E-state index contributed by atoms with van der Waals surface area (Å²) < 4.78 is 10.5. The van der Waals surface area contributed by atoms with Gasteiger partial charge in [-0.1, -0.05) is 18.2 Å². The van der Waals surface area contributed by atoms with Crippen LogP contribution in [0.3, 0.4) is 0 Å². The van der Waals surface area contributed by atoms with E-state index in [9.17, 15) is 9.59 Å². The van der Waals surface area contributed by atoms with Crippen molar-refractivity contribution in [2.75, 3.05) is 32.2 Å². The van der Waals surface area contributed by atoms with Crippen LogP contribution in [0.1, 0.15) is 22.8 Å². The van der Waals surface area contributed by atoms with Crippen LogP contribution >= 0.6 is 0 Å². The summed E-state index contributed by atoms with van der Waals surface area (Å²) in [4.78, 5) is 26.9. The monoisotopic (exact) mass is 368 g/mol. The van der Waals surface area contributed by atoms with Crippen molar-refractivity contribution in [3.05, 3.63) is 59.7 Å². The summed E-state index contributed by atoms with van der Waals surface area (Å²) in [5.41, 5.74) is 2.06. The number of hydrogen-bond acceptors (Lipinski definition) is 4. The normalized spacial score (nSPS) is 16.7. The molecule has 1 fully saturated rings. The predicted molar refractivity (Wildman–Crippen MR) is 103 cm³/mol. The second-order valence-electron chi connectivity index (χ2n) is 6.58. The van der Waals surface area contributed by atoms with E-state index in [1.807, 2.05) is 36.1 Å². The Balaban J connectivity index is 1.64. The Hall–Kier alpha value is -2.86. The zero-order valence-corrected chi connectivity index (χ0v) is 15.6. The van der Waals surface area contributed by atoms with E-state index in [2.05, 4.69) is 5.32 Å². The van der Waals surface area contributed by atoms with E-state index in [0.717, 1.165) is 11.3 Å². The Kier molecular flexibility index (Phi) is 6.08. The topological polar surface area (TPSA) is 67.9 Å². The zero-order chi connectivity index (χ0) is 19.2. The maximum atomic E-state index is 12.7. The minimum absolute atomic E-state index is 0.0413. The molecule has 1 aliphatic heterocycles. The summed E-state index contributed by atoms with van der Waals surface area (Å²) in [6.07, 6.45) is 0.253. The molecule has 0 saturated carbocycles. The second-order valence-corrected chi connectivity index (χ2v) is 6.58. The van der Waals surface area contributed by atoms with Crippen molar-refractivity contribution in [2.24, 2.45) is 0 Å². The van der Waals surface area contributed by atoms with Gasteiger partial charge in [-0.05, 0) is 42.8 Å². The van der Waals surface area contributed by atoms with Crippen molar-refractivity contribution in [2.45, 2.75) is 19.4 Å². The molecule has 0 radical (unpaired) electrons. The summed E-state index contributed by atoms with van der Waals surface area (Å²) in [6, 6.07) is 14.5. The molecule has 6 heteroatoms. The van der Waals surface area contributed by atoms with Gasteiger partial charge in [0.15, 0.2) is 0 Å². The second kappa shape index (κ2) is 8.68. The SMILES string of the molecule is COc1ccc(CC(=O)Nc2cccc(C(=O)N3CCOCC3C)c2)cc1. The minimum Gasteiger partial charge on any atom is -0.497 e. The number of amides is 2. The third kappa shape index (κ3) is 4.86. The van der Waals surface area contributed by atoms with Crippen LogP contribution in [-0.4, -0.2) is 49.6 Å². The molecule has 6 nitrogen and oxygen atoms in total. The van der Waals surface area contributed by atoms with E-state index in [4.69, 9.17) is 9.47 Å². The molecule has 1 unspecified atom stereocenters. The molecule has 3 rings (SSSR count). The fourth-order valence-corrected chi connectivity index (χ4v) is 3.06. The first kappa shape index (κ1) is 18.9. The lowest BCUT2D eigenvalue weighted by Gasteiger charge is -2.33. The predicted octanol–water partition coefficient (Wildman–Crippen LogP) is 2.74. The molecule has 1 heterocycles. The first-order valence-electron chi connectivity index (χ1n) is 8.98. The van der Waals surface area contributed by atoms with Gasteiger partial charge >= 0.3 is 0 Å². The summed E-state index contributed by atoms with van der Waals surface area (Å²) >= 11 is 0. The lowest BCUT2D eigenvalue weighted by molar-refractivity contribution is -0.115. The lowest BCUT2D eigenvalue weighted by atomic mass is 10.1. The Morgan fingerprint density at radius 3 is 2.70 bits per heavy atom. The molecule has 1 N–H and O–H groups in total. The van der Waals surface area contributed by atoms with E-state index >= 15 is 0 Å². The number of carbonyl (C=O) groups excluding carboxylic acids is 2. The van der Waals surface area contributed by atoms with Gasteiger partial charge in [-0.3, -0.25) is 9.59 Å². The smallest absolute Gasteiger partial charge is 0.254 e. The number of hydrogen-bond donors (Lipinski definition) is 1. The molecule has 0 bridgehead atoms. The fourth-order valence-electron chi connectivity index (χ4n) is 3.06. The molecular formula is C21H24N2O4. The van der Waals surface area contributed by atoms with Gasteiger partial charge in [0.2, 0.25) is 5.91 Å². The van der Waals surface area contributed by atoms with Gasteiger partial charge in [-0.2, -0.15) is 0 Å². The van der Waals surface area contributed by atoms with Gasteiger partial charge in [0.1, 0.15) is 5.75 Å². The van der Waals surface area contributed by atoms with Crippen molar-refractivity contribution >= 4 is 17.5 Å². The third-order valence-electron chi connectivity index (χ3n) is 4.55. The summed E-state index contributed by atoms with van der Waals surface area (Å²) in [5.74, 6) is 0.573. The van der Waals surface area contributed by atoms with Gasteiger partial charge < -0.3 is 19.7 Å². The molecular weight excluding hydrogens is 344 g/mol. The number of nitrogens with one attached hydrogen (secondary N) is 1. The molecule has 0 aromatic heterocycles. The van der Waals surface area contributed by atoms with Gasteiger partial charge in [-0.25, -0.2) is 0 Å². The maximum absolute atomic E-state index is 12.7. The minimum atomic E-state index is -0.135. The molecule has 1 aliphatic rings. The van der Waals surface area contributed by atoms with Gasteiger partial charge in [0.25, 0.3) is 5.91 Å². The third-order valence-corrected chi connectivity index (χ3v) is 4.55. The Bertz CT molecular complexity index is 804.